The fourth-order valence-corrected chi connectivity index (χ4v) is 4.83. The van der Waals surface area contributed by atoms with Gasteiger partial charge in [0.05, 0.1) is 16.6 Å². The summed E-state index contributed by atoms with van der Waals surface area (Å²) >= 11 is 6.22. The first-order valence-electron chi connectivity index (χ1n) is 9.10. The highest BCUT2D eigenvalue weighted by molar-refractivity contribution is 6.33. The van der Waals surface area contributed by atoms with Crippen molar-refractivity contribution in [3.8, 4) is 0 Å². The molecule has 1 aromatic carbocycles. The van der Waals surface area contributed by atoms with Crippen LogP contribution < -0.4 is 10.2 Å². The van der Waals surface area contributed by atoms with Gasteiger partial charge in [-0.2, -0.15) is 0 Å². The average Bonchev–Trinajstić information content (AvgIpc) is 3.16. The van der Waals surface area contributed by atoms with Crippen LogP contribution in [-0.4, -0.2) is 48.4 Å². The number of hydrogen-bond donors (Lipinski definition) is 1. The number of hydrogen-bond acceptors (Lipinski definition) is 3. The number of nitrogens with one attached hydrogen (secondary N) is 1. The molecule has 1 aromatic rings. The quantitative estimate of drug-likeness (QED) is 0.852. The van der Waals surface area contributed by atoms with Crippen LogP contribution in [0.1, 0.15) is 32.1 Å². The second kappa shape index (κ2) is 7.75. The third-order valence-electron chi connectivity index (χ3n) is 5.96. The molecule has 26 heavy (non-hydrogen) atoms. The van der Waals surface area contributed by atoms with Gasteiger partial charge in [0.25, 0.3) is 0 Å². The predicted molar refractivity (Wildman–Crippen MR) is 105 cm³/mol. The number of anilines is 1. The molecular weight excluding hydrogens is 373 g/mol. The molecule has 2 amide bonds. The van der Waals surface area contributed by atoms with E-state index in [0.29, 0.717) is 29.3 Å². The van der Waals surface area contributed by atoms with Gasteiger partial charge in [-0.1, -0.05) is 23.7 Å². The van der Waals surface area contributed by atoms with Gasteiger partial charge >= 0.3 is 0 Å². The number of carbonyl (C=O) groups is 2. The van der Waals surface area contributed by atoms with Gasteiger partial charge in [-0.25, -0.2) is 0 Å². The van der Waals surface area contributed by atoms with E-state index < -0.39 is 0 Å². The van der Waals surface area contributed by atoms with Crippen LogP contribution in [0.5, 0.6) is 0 Å². The van der Waals surface area contributed by atoms with Gasteiger partial charge in [-0.15, -0.1) is 12.4 Å². The van der Waals surface area contributed by atoms with Crippen LogP contribution in [0.3, 0.4) is 0 Å². The molecular formula is C19H25Cl2N3O2. The fourth-order valence-electron chi connectivity index (χ4n) is 4.59. The summed E-state index contributed by atoms with van der Waals surface area (Å²) in [6, 6.07) is 8.69. The number of para-hydroxylation sites is 1. The summed E-state index contributed by atoms with van der Waals surface area (Å²) in [6.45, 7) is 0.420. The highest BCUT2D eigenvalue weighted by Gasteiger charge is 2.41. The first-order valence-corrected chi connectivity index (χ1v) is 9.48. The topological polar surface area (TPSA) is 52.7 Å². The van der Waals surface area contributed by atoms with Gasteiger partial charge in [-0.3, -0.25) is 9.59 Å². The van der Waals surface area contributed by atoms with E-state index in [9.17, 15) is 9.59 Å². The predicted octanol–water partition coefficient (Wildman–Crippen LogP) is 2.86. The van der Waals surface area contributed by atoms with Gasteiger partial charge in [0, 0.05) is 38.1 Å². The molecule has 3 aliphatic heterocycles. The molecule has 0 radical (unpaired) electrons. The van der Waals surface area contributed by atoms with Gasteiger partial charge in [0.15, 0.2) is 0 Å². The molecule has 3 atom stereocenters. The van der Waals surface area contributed by atoms with Crippen molar-refractivity contribution >= 4 is 41.5 Å². The van der Waals surface area contributed by atoms with Crippen molar-refractivity contribution in [1.82, 2.24) is 10.2 Å². The Morgan fingerprint density at radius 1 is 1.23 bits per heavy atom. The van der Waals surface area contributed by atoms with Crippen molar-refractivity contribution in [3.05, 3.63) is 29.3 Å². The van der Waals surface area contributed by atoms with Crippen LogP contribution >= 0.6 is 24.0 Å². The molecule has 3 aliphatic rings. The standard InChI is InChI=1S/C19H24ClN3O2.ClH/c1-22(15-9-13-6-7-14(10-15)21-13)19(25)12-8-18(24)23(11-12)17-5-3-2-4-16(17)20;/h2-5,12-15,21H,6-11H2,1H3;1H. The minimum atomic E-state index is -0.277. The lowest BCUT2D eigenvalue weighted by Gasteiger charge is -2.36. The van der Waals surface area contributed by atoms with E-state index in [2.05, 4.69) is 5.32 Å². The van der Waals surface area contributed by atoms with Crippen molar-refractivity contribution in [3.63, 3.8) is 0 Å². The van der Waals surface area contributed by atoms with E-state index in [1.807, 2.05) is 30.1 Å². The second-order valence-corrected chi connectivity index (χ2v) is 7.98. The average molecular weight is 398 g/mol. The number of piperidine rings is 1. The summed E-state index contributed by atoms with van der Waals surface area (Å²) in [5.41, 5.74) is 0.701. The first kappa shape index (κ1) is 19.5. The van der Waals surface area contributed by atoms with Gasteiger partial charge in [0.1, 0.15) is 0 Å². The zero-order valence-corrected chi connectivity index (χ0v) is 16.4. The summed E-state index contributed by atoms with van der Waals surface area (Å²) in [5, 5.41) is 4.16. The Morgan fingerprint density at radius 3 is 2.54 bits per heavy atom. The van der Waals surface area contributed by atoms with Crippen molar-refractivity contribution in [1.29, 1.82) is 0 Å². The van der Waals surface area contributed by atoms with Crippen molar-refractivity contribution in [2.75, 3.05) is 18.5 Å². The molecule has 7 heteroatoms. The Kier molecular flexibility index (Phi) is 5.80. The number of amides is 2. The smallest absolute Gasteiger partial charge is 0.228 e. The largest absolute Gasteiger partial charge is 0.342 e. The number of fused-ring (bicyclic) bond motifs is 2. The first-order chi connectivity index (χ1) is 12.0. The number of nitrogens with zero attached hydrogens (tertiary/aromatic N) is 2. The molecule has 1 N–H and O–H groups in total. The lowest BCUT2D eigenvalue weighted by atomic mass is 9.97. The molecule has 0 spiro atoms. The Morgan fingerprint density at radius 2 is 1.88 bits per heavy atom. The van der Waals surface area contributed by atoms with Crippen LogP contribution in [-0.2, 0) is 9.59 Å². The van der Waals surface area contributed by atoms with Crippen LogP contribution in [0.25, 0.3) is 0 Å². The minimum Gasteiger partial charge on any atom is -0.342 e. The lowest BCUT2D eigenvalue weighted by molar-refractivity contribution is -0.137. The number of rotatable bonds is 3. The number of carbonyl (C=O) groups excluding carboxylic acids is 2. The summed E-state index contributed by atoms with van der Waals surface area (Å²) in [4.78, 5) is 29.0. The normalized spacial score (nSPS) is 30.2. The zero-order valence-electron chi connectivity index (χ0n) is 14.9. The molecule has 3 fully saturated rings. The molecule has 2 bridgehead atoms. The molecule has 142 valence electrons. The van der Waals surface area contributed by atoms with E-state index in [-0.39, 0.29) is 42.6 Å². The molecule has 0 aromatic heterocycles. The van der Waals surface area contributed by atoms with Crippen molar-refractivity contribution < 1.29 is 9.59 Å². The SMILES string of the molecule is CN(C(=O)C1CC(=O)N(c2ccccc2Cl)C1)C1CC2CCC(C1)N2.Cl. The Balaban J connectivity index is 0.00000196. The number of halogens is 2. The van der Waals surface area contributed by atoms with Crippen LogP contribution in [0, 0.1) is 5.92 Å². The lowest BCUT2D eigenvalue weighted by Crippen LogP contribution is -2.50. The zero-order chi connectivity index (χ0) is 17.6. The molecule has 3 saturated heterocycles. The molecule has 5 nitrogen and oxygen atoms in total. The van der Waals surface area contributed by atoms with Crippen molar-refractivity contribution in [2.45, 2.75) is 50.2 Å². The fraction of sp³-hybridized carbons (Fsp3) is 0.579. The highest BCUT2D eigenvalue weighted by atomic mass is 35.5. The molecule has 0 saturated carbocycles. The van der Waals surface area contributed by atoms with Gasteiger partial charge in [0.2, 0.25) is 11.8 Å². The monoisotopic (exact) mass is 397 g/mol. The summed E-state index contributed by atoms with van der Waals surface area (Å²) < 4.78 is 0. The summed E-state index contributed by atoms with van der Waals surface area (Å²) in [6.07, 6.45) is 4.74. The third kappa shape index (κ3) is 3.57. The maximum absolute atomic E-state index is 13.0. The molecule has 4 rings (SSSR count). The van der Waals surface area contributed by atoms with Crippen LogP contribution in [0.2, 0.25) is 5.02 Å². The summed E-state index contributed by atoms with van der Waals surface area (Å²) in [7, 11) is 1.90. The maximum atomic E-state index is 13.0. The van der Waals surface area contributed by atoms with Crippen LogP contribution in [0.4, 0.5) is 5.69 Å². The van der Waals surface area contributed by atoms with E-state index in [4.69, 9.17) is 11.6 Å². The Labute approximate surface area is 165 Å². The Bertz CT molecular complexity index is 687. The van der Waals surface area contributed by atoms with Gasteiger partial charge < -0.3 is 15.1 Å². The maximum Gasteiger partial charge on any atom is 0.228 e. The number of benzene rings is 1. The highest BCUT2D eigenvalue weighted by Crippen LogP contribution is 2.33. The summed E-state index contributed by atoms with van der Waals surface area (Å²) in [5.74, 6) is -0.208. The van der Waals surface area contributed by atoms with E-state index in [1.54, 1.807) is 11.0 Å². The molecule has 3 unspecified atom stereocenters. The second-order valence-electron chi connectivity index (χ2n) is 7.57. The van der Waals surface area contributed by atoms with E-state index in [1.165, 1.54) is 12.8 Å². The van der Waals surface area contributed by atoms with Gasteiger partial charge in [-0.05, 0) is 37.8 Å². The third-order valence-corrected chi connectivity index (χ3v) is 6.28. The van der Waals surface area contributed by atoms with Crippen LogP contribution in [0.15, 0.2) is 24.3 Å². The Hall–Kier alpha value is -1.30. The van der Waals surface area contributed by atoms with Crippen molar-refractivity contribution in [2.24, 2.45) is 5.92 Å². The molecule has 0 aliphatic carbocycles. The van der Waals surface area contributed by atoms with E-state index >= 15 is 0 Å². The molecule has 3 heterocycles. The van der Waals surface area contributed by atoms with E-state index in [0.717, 1.165) is 12.8 Å². The minimum absolute atomic E-state index is 0.